The molecule has 130 valence electrons. The fraction of sp³-hybridized carbons (Fsp3) is 0.632. The molecule has 1 aromatic rings. The highest BCUT2D eigenvalue weighted by Crippen LogP contribution is 2.30. The zero-order valence-electron chi connectivity index (χ0n) is 14.9. The van der Waals surface area contributed by atoms with E-state index in [9.17, 15) is 9.90 Å². The number of hydrogen-bond donors (Lipinski definition) is 2. The predicted octanol–water partition coefficient (Wildman–Crippen LogP) is 5.51. The molecular weight excluding hydrogens is 306 g/mol. The maximum Gasteiger partial charge on any atom is 0.240 e. The first-order valence-electron chi connectivity index (χ1n) is 8.62. The Kier molecular flexibility index (Phi) is 8.53. The third-order valence-electron chi connectivity index (χ3n) is 3.91. The quantitative estimate of drug-likeness (QED) is 0.437. The molecule has 0 atom stereocenters. The zero-order chi connectivity index (χ0) is 17.3. The van der Waals surface area contributed by atoms with Crippen molar-refractivity contribution in [1.29, 1.82) is 0 Å². The first-order chi connectivity index (χ1) is 10.9. The van der Waals surface area contributed by atoms with Gasteiger partial charge in [0.05, 0.1) is 10.4 Å². The fourth-order valence-electron chi connectivity index (χ4n) is 2.30. The van der Waals surface area contributed by atoms with Crippen molar-refractivity contribution >= 4 is 23.4 Å². The molecule has 0 bridgehead atoms. The van der Waals surface area contributed by atoms with Gasteiger partial charge in [-0.15, -0.1) is 11.8 Å². The van der Waals surface area contributed by atoms with E-state index in [0.29, 0.717) is 5.69 Å². The van der Waals surface area contributed by atoms with Gasteiger partial charge < -0.3 is 10.4 Å². The van der Waals surface area contributed by atoms with Gasteiger partial charge in [0.2, 0.25) is 5.91 Å². The Morgan fingerprint density at radius 2 is 1.83 bits per heavy atom. The number of unbranched alkanes of at least 4 members (excludes halogenated alkanes) is 5. The lowest BCUT2D eigenvalue weighted by atomic mass is 10.1. The average molecular weight is 338 g/mol. The van der Waals surface area contributed by atoms with Gasteiger partial charge in [-0.25, -0.2) is 0 Å². The van der Waals surface area contributed by atoms with E-state index in [0.717, 1.165) is 17.7 Å². The van der Waals surface area contributed by atoms with Crippen molar-refractivity contribution < 1.29 is 9.90 Å². The van der Waals surface area contributed by atoms with Crippen LogP contribution in [0.5, 0.6) is 5.75 Å². The van der Waals surface area contributed by atoms with E-state index >= 15 is 0 Å². The molecule has 4 heteroatoms. The lowest BCUT2D eigenvalue weighted by Crippen LogP contribution is -2.34. The first-order valence-corrected chi connectivity index (χ1v) is 9.60. The van der Waals surface area contributed by atoms with E-state index in [1.807, 2.05) is 26.8 Å². The van der Waals surface area contributed by atoms with Crippen LogP contribution in [0, 0.1) is 6.92 Å². The summed E-state index contributed by atoms with van der Waals surface area (Å²) in [5, 5.41) is 12.7. The molecule has 1 rings (SSSR count). The molecule has 0 aromatic heterocycles. The Morgan fingerprint density at radius 3 is 2.52 bits per heavy atom. The number of phenolic OH excluding ortho intramolecular Hbond substituents is 1. The predicted molar refractivity (Wildman–Crippen MR) is 101 cm³/mol. The molecule has 0 heterocycles. The number of anilines is 1. The molecule has 3 nitrogen and oxygen atoms in total. The molecule has 0 fully saturated rings. The van der Waals surface area contributed by atoms with E-state index < -0.39 is 4.75 Å². The van der Waals surface area contributed by atoms with Gasteiger partial charge in [-0.2, -0.15) is 0 Å². The number of aromatic hydroxyl groups is 1. The number of hydrogen-bond acceptors (Lipinski definition) is 3. The molecule has 0 aliphatic heterocycles. The molecule has 0 unspecified atom stereocenters. The van der Waals surface area contributed by atoms with Crippen molar-refractivity contribution in [2.24, 2.45) is 0 Å². The molecule has 1 aromatic carbocycles. The summed E-state index contributed by atoms with van der Waals surface area (Å²) in [5.41, 5.74) is 1.50. The molecule has 2 N–H and O–H groups in total. The number of phenols is 1. The van der Waals surface area contributed by atoms with E-state index in [2.05, 4.69) is 12.2 Å². The Morgan fingerprint density at radius 1 is 1.17 bits per heavy atom. The summed E-state index contributed by atoms with van der Waals surface area (Å²) < 4.78 is -0.500. The maximum absolute atomic E-state index is 12.5. The van der Waals surface area contributed by atoms with Gasteiger partial charge >= 0.3 is 0 Å². The first kappa shape index (κ1) is 19.9. The van der Waals surface area contributed by atoms with Gasteiger partial charge in [0.15, 0.2) is 0 Å². The van der Waals surface area contributed by atoms with Crippen molar-refractivity contribution in [1.82, 2.24) is 0 Å². The van der Waals surface area contributed by atoms with Crippen LogP contribution in [-0.2, 0) is 4.79 Å². The number of thioether (sulfide) groups is 1. The minimum Gasteiger partial charge on any atom is -0.506 e. The molecule has 0 aliphatic carbocycles. The summed E-state index contributed by atoms with van der Waals surface area (Å²) in [4.78, 5) is 12.5. The van der Waals surface area contributed by atoms with Crippen LogP contribution in [0.25, 0.3) is 0 Å². The van der Waals surface area contributed by atoms with Gasteiger partial charge in [-0.05, 0) is 50.6 Å². The number of amides is 1. The summed E-state index contributed by atoms with van der Waals surface area (Å²) in [7, 11) is 0. The van der Waals surface area contributed by atoms with Crippen molar-refractivity contribution in [3.63, 3.8) is 0 Å². The normalized spacial score (nSPS) is 11.5. The highest BCUT2D eigenvalue weighted by Gasteiger charge is 2.28. The van der Waals surface area contributed by atoms with Crippen LogP contribution in [0.1, 0.15) is 64.9 Å². The number of aryl methyl sites for hydroxylation is 1. The fourth-order valence-corrected chi connectivity index (χ4v) is 3.34. The second kappa shape index (κ2) is 9.86. The Labute approximate surface area is 145 Å². The number of carbonyl (C=O) groups excluding carboxylic acids is 1. The summed E-state index contributed by atoms with van der Waals surface area (Å²) in [6.45, 7) is 8.05. The van der Waals surface area contributed by atoms with Crippen LogP contribution in [0.2, 0.25) is 0 Å². The van der Waals surface area contributed by atoms with Crippen LogP contribution in [-0.4, -0.2) is 21.5 Å². The number of nitrogens with one attached hydrogen (secondary N) is 1. The SMILES string of the molecule is CCCCCCCCSC(C)(C)C(=O)Nc1cc(C)ccc1O. The maximum atomic E-state index is 12.5. The van der Waals surface area contributed by atoms with Gasteiger partial charge in [0.1, 0.15) is 5.75 Å². The van der Waals surface area contributed by atoms with Crippen LogP contribution < -0.4 is 5.32 Å². The van der Waals surface area contributed by atoms with Crippen LogP contribution >= 0.6 is 11.8 Å². The minimum absolute atomic E-state index is 0.0608. The summed E-state index contributed by atoms with van der Waals surface area (Å²) in [5.74, 6) is 1.04. The van der Waals surface area contributed by atoms with Gasteiger partial charge in [0, 0.05) is 0 Å². The molecule has 0 spiro atoms. The van der Waals surface area contributed by atoms with Crippen molar-refractivity contribution in [3.05, 3.63) is 23.8 Å². The molecule has 0 radical (unpaired) electrons. The topological polar surface area (TPSA) is 49.3 Å². The number of benzene rings is 1. The largest absolute Gasteiger partial charge is 0.506 e. The second-order valence-electron chi connectivity index (χ2n) is 6.60. The van der Waals surface area contributed by atoms with Crippen molar-refractivity contribution in [2.45, 2.75) is 71.0 Å². The zero-order valence-corrected chi connectivity index (χ0v) is 15.8. The lowest BCUT2D eigenvalue weighted by Gasteiger charge is -2.23. The summed E-state index contributed by atoms with van der Waals surface area (Å²) in [6.07, 6.45) is 7.59. The molecule has 23 heavy (non-hydrogen) atoms. The molecule has 0 saturated heterocycles. The third kappa shape index (κ3) is 7.30. The van der Waals surface area contributed by atoms with E-state index in [1.54, 1.807) is 23.9 Å². The van der Waals surface area contributed by atoms with Gasteiger partial charge in [-0.3, -0.25) is 4.79 Å². The van der Waals surface area contributed by atoms with Crippen molar-refractivity contribution in [2.75, 3.05) is 11.1 Å². The lowest BCUT2D eigenvalue weighted by molar-refractivity contribution is -0.117. The monoisotopic (exact) mass is 337 g/mol. The molecule has 0 saturated carbocycles. The Bertz CT molecular complexity index is 500. The standard InChI is InChI=1S/C19H31NO2S/c1-5-6-7-8-9-10-13-23-19(3,4)18(22)20-16-14-15(2)11-12-17(16)21/h11-12,14,21H,5-10,13H2,1-4H3,(H,20,22). The van der Waals surface area contributed by atoms with Crippen LogP contribution in [0.15, 0.2) is 18.2 Å². The van der Waals surface area contributed by atoms with Crippen molar-refractivity contribution in [3.8, 4) is 5.75 Å². The highest BCUT2D eigenvalue weighted by molar-refractivity contribution is 8.01. The van der Waals surface area contributed by atoms with Gasteiger partial charge in [0.25, 0.3) is 0 Å². The second-order valence-corrected chi connectivity index (χ2v) is 8.32. The summed E-state index contributed by atoms with van der Waals surface area (Å²) in [6, 6.07) is 5.23. The summed E-state index contributed by atoms with van der Waals surface area (Å²) >= 11 is 1.69. The van der Waals surface area contributed by atoms with E-state index in [1.165, 1.54) is 32.1 Å². The number of rotatable bonds is 10. The minimum atomic E-state index is -0.500. The average Bonchev–Trinajstić information content (AvgIpc) is 2.50. The molecule has 0 aliphatic rings. The van der Waals surface area contributed by atoms with Gasteiger partial charge in [-0.1, -0.05) is 45.1 Å². The van der Waals surface area contributed by atoms with E-state index in [4.69, 9.17) is 0 Å². The smallest absolute Gasteiger partial charge is 0.240 e. The molecule has 1 amide bonds. The van der Waals surface area contributed by atoms with E-state index in [-0.39, 0.29) is 11.7 Å². The highest BCUT2D eigenvalue weighted by atomic mass is 32.2. The van der Waals surface area contributed by atoms with Crippen LogP contribution in [0.3, 0.4) is 0 Å². The Hall–Kier alpha value is -1.16. The number of carbonyl (C=O) groups is 1. The molecular formula is C19H31NO2S. The van der Waals surface area contributed by atoms with Crippen LogP contribution in [0.4, 0.5) is 5.69 Å². The Balaban J connectivity index is 2.40. The third-order valence-corrected chi connectivity index (χ3v) is 5.31.